The highest BCUT2D eigenvalue weighted by Gasteiger charge is 1.96. The van der Waals surface area contributed by atoms with Crippen LogP contribution in [0.3, 0.4) is 0 Å². The van der Waals surface area contributed by atoms with E-state index in [0.29, 0.717) is 18.0 Å². The molecule has 0 aliphatic rings. The fraction of sp³-hybridized carbons (Fsp3) is 0.273. The molecule has 0 amide bonds. The molecular weight excluding hydrogens is 194 g/mol. The van der Waals surface area contributed by atoms with Crippen molar-refractivity contribution in [1.82, 2.24) is 0 Å². The molecule has 78 valence electrons. The number of nitrogens with zero attached hydrogens (tertiary/aromatic N) is 1. The topological polar surface area (TPSA) is 39.9 Å². The van der Waals surface area contributed by atoms with Crippen LogP contribution in [0.25, 0.3) is 4.85 Å². The number of esters is 1. The van der Waals surface area contributed by atoms with E-state index in [4.69, 9.17) is 16.0 Å². The van der Waals surface area contributed by atoms with E-state index >= 15 is 0 Å². The number of ether oxygens (including phenoxy) is 2. The molecule has 0 heterocycles. The maximum atomic E-state index is 10.4. The molecule has 1 aromatic carbocycles. The van der Waals surface area contributed by atoms with E-state index < -0.39 is 0 Å². The first-order valence-corrected chi connectivity index (χ1v) is 4.46. The van der Waals surface area contributed by atoms with Crippen molar-refractivity contribution in [3.63, 3.8) is 0 Å². The zero-order valence-electron chi connectivity index (χ0n) is 8.40. The molecule has 4 heteroatoms. The van der Waals surface area contributed by atoms with E-state index in [2.05, 4.69) is 4.85 Å². The van der Waals surface area contributed by atoms with Crippen LogP contribution in [0, 0.1) is 6.57 Å². The van der Waals surface area contributed by atoms with Crippen LogP contribution in [0.1, 0.15) is 6.92 Å². The minimum Gasteiger partial charge on any atom is -0.490 e. The van der Waals surface area contributed by atoms with E-state index in [1.165, 1.54) is 6.92 Å². The standard InChI is InChI=1S/C11H11NO3/c1-9(13)14-7-8-15-11-5-3-10(12-2)4-6-11/h3-6H,7-8H2,1H3. The van der Waals surface area contributed by atoms with Gasteiger partial charge in [0.2, 0.25) is 0 Å². The van der Waals surface area contributed by atoms with Crippen molar-refractivity contribution in [2.45, 2.75) is 6.92 Å². The summed E-state index contributed by atoms with van der Waals surface area (Å²) >= 11 is 0. The Hall–Kier alpha value is -2.02. The molecule has 1 rings (SSSR count). The third-order valence-electron chi connectivity index (χ3n) is 1.62. The highest BCUT2D eigenvalue weighted by Crippen LogP contribution is 2.17. The average molecular weight is 205 g/mol. The van der Waals surface area contributed by atoms with Gasteiger partial charge in [-0.1, -0.05) is 12.1 Å². The van der Waals surface area contributed by atoms with Crippen molar-refractivity contribution in [2.24, 2.45) is 0 Å². The summed E-state index contributed by atoms with van der Waals surface area (Å²) in [4.78, 5) is 13.7. The summed E-state index contributed by atoms with van der Waals surface area (Å²) in [6, 6.07) is 6.77. The molecular formula is C11H11NO3. The lowest BCUT2D eigenvalue weighted by molar-refractivity contribution is -0.141. The van der Waals surface area contributed by atoms with Gasteiger partial charge in [-0.2, -0.15) is 0 Å². The van der Waals surface area contributed by atoms with E-state index in [0.717, 1.165) is 0 Å². The maximum absolute atomic E-state index is 10.4. The Balaban J connectivity index is 2.32. The molecule has 0 aliphatic heterocycles. The third-order valence-corrected chi connectivity index (χ3v) is 1.62. The van der Waals surface area contributed by atoms with Gasteiger partial charge in [0.05, 0.1) is 6.57 Å². The first kappa shape index (κ1) is 11.1. The number of rotatable bonds is 4. The number of hydrogen-bond donors (Lipinski definition) is 0. The summed E-state index contributed by atoms with van der Waals surface area (Å²) in [5.74, 6) is 0.344. The maximum Gasteiger partial charge on any atom is 0.302 e. The summed E-state index contributed by atoms with van der Waals surface area (Å²) in [7, 11) is 0. The molecule has 0 unspecified atom stereocenters. The number of carbonyl (C=O) groups is 1. The molecule has 0 radical (unpaired) electrons. The number of hydrogen-bond acceptors (Lipinski definition) is 3. The first-order valence-electron chi connectivity index (χ1n) is 4.46. The summed E-state index contributed by atoms with van der Waals surface area (Å²) in [6.45, 7) is 8.66. The minimum absolute atomic E-state index is 0.236. The van der Waals surface area contributed by atoms with Gasteiger partial charge in [-0.15, -0.1) is 0 Å². The molecule has 0 N–H and O–H groups in total. The molecule has 0 bridgehead atoms. The minimum atomic E-state index is -0.318. The normalized spacial score (nSPS) is 9.07. The number of carbonyl (C=O) groups excluding carboxylic acids is 1. The second kappa shape index (κ2) is 5.66. The van der Waals surface area contributed by atoms with Crippen molar-refractivity contribution < 1.29 is 14.3 Å². The molecule has 0 saturated carbocycles. The van der Waals surface area contributed by atoms with Crippen LogP contribution in [0.5, 0.6) is 5.75 Å². The van der Waals surface area contributed by atoms with Crippen LogP contribution >= 0.6 is 0 Å². The average Bonchev–Trinajstić information content (AvgIpc) is 2.25. The molecule has 4 nitrogen and oxygen atoms in total. The van der Waals surface area contributed by atoms with Gasteiger partial charge in [-0.05, 0) is 12.1 Å². The highest BCUT2D eigenvalue weighted by atomic mass is 16.6. The fourth-order valence-electron chi connectivity index (χ4n) is 0.962. The second-order valence-corrected chi connectivity index (χ2v) is 2.79. The molecule has 0 aromatic heterocycles. The Morgan fingerprint density at radius 1 is 1.33 bits per heavy atom. The van der Waals surface area contributed by atoms with Crippen LogP contribution in [-0.4, -0.2) is 19.2 Å². The molecule has 0 atom stereocenters. The Labute approximate surface area is 88.2 Å². The van der Waals surface area contributed by atoms with Gasteiger partial charge >= 0.3 is 5.97 Å². The highest BCUT2D eigenvalue weighted by molar-refractivity contribution is 5.65. The summed E-state index contributed by atoms with van der Waals surface area (Å²) in [5, 5.41) is 0. The monoisotopic (exact) mass is 205 g/mol. The van der Waals surface area contributed by atoms with E-state index in [-0.39, 0.29) is 12.6 Å². The van der Waals surface area contributed by atoms with Gasteiger partial charge in [0.25, 0.3) is 0 Å². The Bertz CT molecular complexity index is 364. The lowest BCUT2D eigenvalue weighted by Gasteiger charge is -2.05. The van der Waals surface area contributed by atoms with Crippen LogP contribution in [0.15, 0.2) is 24.3 Å². The van der Waals surface area contributed by atoms with E-state index in [9.17, 15) is 4.79 Å². The van der Waals surface area contributed by atoms with Crippen LogP contribution in [0.4, 0.5) is 5.69 Å². The van der Waals surface area contributed by atoms with Crippen LogP contribution < -0.4 is 4.74 Å². The lowest BCUT2D eigenvalue weighted by Crippen LogP contribution is -2.09. The molecule has 0 aliphatic carbocycles. The van der Waals surface area contributed by atoms with Crippen molar-refractivity contribution in [3.8, 4) is 5.75 Å². The quantitative estimate of drug-likeness (QED) is 0.429. The van der Waals surface area contributed by atoms with E-state index in [1.807, 2.05) is 0 Å². The van der Waals surface area contributed by atoms with Gasteiger partial charge in [-0.25, -0.2) is 4.85 Å². The van der Waals surface area contributed by atoms with Crippen LogP contribution in [0.2, 0.25) is 0 Å². The van der Waals surface area contributed by atoms with Gasteiger partial charge in [0, 0.05) is 6.92 Å². The van der Waals surface area contributed by atoms with Gasteiger partial charge in [0.1, 0.15) is 19.0 Å². The molecule has 0 spiro atoms. The molecule has 15 heavy (non-hydrogen) atoms. The van der Waals surface area contributed by atoms with E-state index in [1.54, 1.807) is 24.3 Å². The number of benzene rings is 1. The Morgan fingerprint density at radius 2 is 2.00 bits per heavy atom. The third kappa shape index (κ3) is 4.14. The SMILES string of the molecule is [C-]#[N+]c1ccc(OCCOC(C)=O)cc1. The van der Waals surface area contributed by atoms with Crippen molar-refractivity contribution >= 4 is 11.7 Å². The van der Waals surface area contributed by atoms with Gasteiger partial charge in [0.15, 0.2) is 5.69 Å². The molecule has 0 saturated heterocycles. The lowest BCUT2D eigenvalue weighted by atomic mass is 10.3. The fourth-order valence-corrected chi connectivity index (χ4v) is 0.962. The van der Waals surface area contributed by atoms with Crippen LogP contribution in [-0.2, 0) is 9.53 Å². The van der Waals surface area contributed by atoms with Crippen molar-refractivity contribution in [3.05, 3.63) is 35.7 Å². The first-order chi connectivity index (χ1) is 7.22. The van der Waals surface area contributed by atoms with Crippen molar-refractivity contribution in [2.75, 3.05) is 13.2 Å². The van der Waals surface area contributed by atoms with Gasteiger partial charge < -0.3 is 9.47 Å². The molecule has 0 fully saturated rings. The largest absolute Gasteiger partial charge is 0.490 e. The summed E-state index contributed by atoms with van der Waals surface area (Å²) in [6.07, 6.45) is 0. The smallest absolute Gasteiger partial charge is 0.302 e. The van der Waals surface area contributed by atoms with Crippen molar-refractivity contribution in [1.29, 1.82) is 0 Å². The zero-order valence-corrected chi connectivity index (χ0v) is 8.40. The predicted octanol–water partition coefficient (Wildman–Crippen LogP) is 2.18. The zero-order chi connectivity index (χ0) is 11.1. The molecule has 1 aromatic rings. The van der Waals surface area contributed by atoms with Gasteiger partial charge in [-0.3, -0.25) is 4.79 Å². The summed E-state index contributed by atoms with van der Waals surface area (Å²) < 4.78 is 9.97. The Morgan fingerprint density at radius 3 is 2.53 bits per heavy atom. The Kier molecular flexibility index (Phi) is 4.17. The predicted molar refractivity (Wildman–Crippen MR) is 54.8 cm³/mol. The second-order valence-electron chi connectivity index (χ2n) is 2.79. The summed E-state index contributed by atoms with van der Waals surface area (Å²) in [5.41, 5.74) is 0.572.